The molecule has 172 valence electrons. The third-order valence-electron chi connectivity index (χ3n) is 4.54. The monoisotopic (exact) mass is 481 g/mol. The van der Waals surface area contributed by atoms with E-state index in [0.29, 0.717) is 17.4 Å². The number of hydrogen-bond acceptors (Lipinski definition) is 6. The molecule has 0 spiro atoms. The number of carbonyl (C=O) groups is 2. The first kappa shape index (κ1) is 23.6. The second-order valence-corrected chi connectivity index (χ2v) is 7.54. The largest absolute Gasteiger partial charge is 0.499 e. The number of rotatable bonds is 7. The predicted molar refractivity (Wildman–Crippen MR) is 98.2 cm³/mol. The average Bonchev–Trinajstić information content (AvgIpc) is 3.23. The number of carboxylic acid groups (broad SMARTS) is 1. The maximum atomic E-state index is 14.5. The number of hydrogen-bond donors (Lipinski definition) is 1. The molecule has 3 rings (SSSR count). The third-order valence-corrected chi connectivity index (χ3v) is 5.35. The van der Waals surface area contributed by atoms with Crippen molar-refractivity contribution in [3.05, 3.63) is 45.0 Å². The Hall–Kier alpha value is -3.09. The topological polar surface area (TPSA) is 85.2 Å². The molecule has 13 heteroatoms. The second kappa shape index (κ2) is 8.11. The number of thiophene rings is 1. The van der Waals surface area contributed by atoms with Crippen LogP contribution in [-0.4, -0.2) is 42.3 Å². The Morgan fingerprint density at radius 1 is 1.22 bits per heavy atom. The molecular weight excluding hydrogens is 468 g/mol. The van der Waals surface area contributed by atoms with Gasteiger partial charge in [-0.1, -0.05) is 0 Å². The van der Waals surface area contributed by atoms with Crippen molar-refractivity contribution >= 4 is 28.7 Å². The van der Waals surface area contributed by atoms with E-state index in [1.165, 1.54) is 6.92 Å². The fraction of sp³-hybridized carbons (Fsp3) is 0.316. The van der Waals surface area contributed by atoms with Gasteiger partial charge in [0.2, 0.25) is 0 Å². The van der Waals surface area contributed by atoms with E-state index in [-0.39, 0.29) is 21.7 Å². The molecule has 0 radical (unpaired) electrons. The summed E-state index contributed by atoms with van der Waals surface area (Å²) in [5.74, 6) is -3.77. The molecule has 0 saturated heterocycles. The quantitative estimate of drug-likeness (QED) is 0.485. The van der Waals surface area contributed by atoms with Crippen LogP contribution in [0.2, 0.25) is 0 Å². The smallest absolute Gasteiger partial charge is 0.493 e. The molecule has 0 aliphatic carbocycles. The van der Waals surface area contributed by atoms with E-state index < -0.39 is 58.7 Å². The van der Waals surface area contributed by atoms with Gasteiger partial charge in [0.05, 0.1) is 30.5 Å². The SMILES string of the molecule is COc1c(F)cc2c(c1C(=O)c1csc(OC(F)(F)C(F)(F)F)c1)=C(CC(=O)O)C(C)N=2. The molecule has 6 nitrogen and oxygen atoms in total. The van der Waals surface area contributed by atoms with E-state index in [2.05, 4.69) is 9.73 Å². The van der Waals surface area contributed by atoms with E-state index in [1.807, 2.05) is 0 Å². The second-order valence-electron chi connectivity index (χ2n) is 6.66. The predicted octanol–water partition coefficient (Wildman–Crippen LogP) is 3.31. The Balaban J connectivity index is 2.15. The van der Waals surface area contributed by atoms with Crippen molar-refractivity contribution in [1.82, 2.24) is 0 Å². The Kier molecular flexibility index (Phi) is 5.98. The third kappa shape index (κ3) is 4.16. The first-order chi connectivity index (χ1) is 14.8. The van der Waals surface area contributed by atoms with Crippen molar-refractivity contribution < 1.29 is 50.5 Å². The van der Waals surface area contributed by atoms with Crippen LogP contribution in [0.3, 0.4) is 0 Å². The number of aliphatic carboxylic acids is 1. The molecule has 0 fully saturated rings. The van der Waals surface area contributed by atoms with Crippen LogP contribution in [-0.2, 0) is 4.79 Å². The van der Waals surface area contributed by atoms with Crippen LogP contribution in [0.25, 0.3) is 5.57 Å². The maximum Gasteiger partial charge on any atom is 0.499 e. The Bertz CT molecular complexity index is 1220. The number of ketones is 1. The van der Waals surface area contributed by atoms with Gasteiger partial charge in [-0.15, -0.1) is 11.3 Å². The molecule has 1 aromatic carbocycles. The Labute approximate surface area is 179 Å². The summed E-state index contributed by atoms with van der Waals surface area (Å²) in [5, 5.41) is 9.24. The minimum absolute atomic E-state index is 0.00860. The number of methoxy groups -OCH3 is 1. The van der Waals surface area contributed by atoms with Crippen LogP contribution < -0.4 is 20.0 Å². The van der Waals surface area contributed by atoms with Crippen molar-refractivity contribution in [3.8, 4) is 10.8 Å². The van der Waals surface area contributed by atoms with Crippen molar-refractivity contribution in [2.45, 2.75) is 31.7 Å². The molecular formula is C19H13F6NO5S. The Morgan fingerprint density at radius 2 is 1.88 bits per heavy atom. The van der Waals surface area contributed by atoms with Crippen LogP contribution in [0.4, 0.5) is 26.3 Å². The summed E-state index contributed by atoms with van der Waals surface area (Å²) in [6.45, 7) is 1.53. The summed E-state index contributed by atoms with van der Waals surface area (Å²) in [6, 6.07) is 0.906. The van der Waals surface area contributed by atoms with Crippen LogP contribution in [0.15, 0.2) is 22.5 Å². The number of nitrogens with zero attached hydrogens (tertiary/aromatic N) is 1. The lowest BCUT2D eigenvalue weighted by Crippen LogP contribution is -2.41. The minimum Gasteiger partial charge on any atom is -0.493 e. The average molecular weight is 481 g/mol. The first-order valence-electron chi connectivity index (χ1n) is 8.72. The normalized spacial score (nSPS) is 15.9. The summed E-state index contributed by atoms with van der Waals surface area (Å²) in [4.78, 5) is 28.6. The van der Waals surface area contributed by atoms with Gasteiger partial charge in [-0.05, 0) is 12.5 Å². The summed E-state index contributed by atoms with van der Waals surface area (Å²) in [7, 11) is 1.06. The van der Waals surface area contributed by atoms with E-state index in [9.17, 15) is 41.0 Å². The van der Waals surface area contributed by atoms with Crippen LogP contribution >= 0.6 is 11.3 Å². The van der Waals surface area contributed by atoms with E-state index >= 15 is 0 Å². The highest BCUT2D eigenvalue weighted by Gasteiger charge is 2.61. The number of benzene rings is 1. The van der Waals surface area contributed by atoms with Gasteiger partial charge < -0.3 is 14.6 Å². The highest BCUT2D eigenvalue weighted by Crippen LogP contribution is 2.39. The van der Waals surface area contributed by atoms with Crippen LogP contribution in [0.1, 0.15) is 29.3 Å². The van der Waals surface area contributed by atoms with Gasteiger partial charge in [0.25, 0.3) is 0 Å². The molecule has 1 unspecified atom stereocenters. The fourth-order valence-electron chi connectivity index (χ4n) is 3.17. The van der Waals surface area contributed by atoms with Gasteiger partial charge in [0, 0.05) is 28.3 Å². The zero-order chi connectivity index (χ0) is 24.0. The Morgan fingerprint density at radius 3 is 2.44 bits per heavy atom. The number of halogens is 6. The number of carbonyl (C=O) groups excluding carboxylic acids is 1. The zero-order valence-electron chi connectivity index (χ0n) is 16.2. The molecule has 32 heavy (non-hydrogen) atoms. The van der Waals surface area contributed by atoms with Gasteiger partial charge in [0.1, 0.15) is 0 Å². The van der Waals surface area contributed by atoms with Gasteiger partial charge in [0.15, 0.2) is 22.4 Å². The van der Waals surface area contributed by atoms with Gasteiger partial charge >= 0.3 is 18.3 Å². The number of ether oxygens (including phenoxy) is 2. The molecule has 1 aliphatic heterocycles. The molecule has 1 aromatic heterocycles. The van der Waals surface area contributed by atoms with Crippen molar-refractivity contribution in [2.24, 2.45) is 4.99 Å². The lowest BCUT2D eigenvalue weighted by atomic mass is 9.96. The number of fused-ring (bicyclic) bond motifs is 1. The summed E-state index contributed by atoms with van der Waals surface area (Å²) in [5.41, 5.74) is -0.619. The van der Waals surface area contributed by atoms with Gasteiger partial charge in [-0.2, -0.15) is 22.0 Å². The zero-order valence-corrected chi connectivity index (χ0v) is 17.0. The van der Waals surface area contributed by atoms with Crippen molar-refractivity contribution in [3.63, 3.8) is 0 Å². The summed E-state index contributed by atoms with van der Waals surface area (Å²) in [6.07, 6.45) is -12.0. The maximum absolute atomic E-state index is 14.5. The molecule has 0 bridgehead atoms. The van der Waals surface area contributed by atoms with Crippen LogP contribution in [0, 0.1) is 5.82 Å². The lowest BCUT2D eigenvalue weighted by Gasteiger charge is -2.18. The molecule has 2 heterocycles. The fourth-order valence-corrected chi connectivity index (χ4v) is 3.94. The van der Waals surface area contributed by atoms with E-state index in [1.54, 1.807) is 0 Å². The standard InChI is InChI=1S/C19H13F6NO5S/c1-7-9(4-12(27)28)14-11(26-7)5-10(20)17(30-2)15(14)16(29)8-3-13(32-6-8)31-19(24,25)18(21,22)23/h3,5-7H,4H2,1-2H3,(H,27,28). The number of alkyl halides is 5. The molecule has 1 N–H and O–H groups in total. The van der Waals surface area contributed by atoms with Crippen molar-refractivity contribution in [2.75, 3.05) is 7.11 Å². The molecule has 1 aliphatic rings. The van der Waals surface area contributed by atoms with Gasteiger partial charge in [-0.25, -0.2) is 4.39 Å². The lowest BCUT2D eigenvalue weighted by molar-refractivity contribution is -0.359. The summed E-state index contributed by atoms with van der Waals surface area (Å²) >= 11 is 0.296. The summed E-state index contributed by atoms with van der Waals surface area (Å²) < 4.78 is 86.6. The molecule has 1 atom stereocenters. The van der Waals surface area contributed by atoms with E-state index in [0.717, 1.165) is 18.6 Å². The first-order valence-corrected chi connectivity index (χ1v) is 9.60. The van der Waals surface area contributed by atoms with Gasteiger partial charge in [-0.3, -0.25) is 14.6 Å². The molecule has 0 saturated carbocycles. The van der Waals surface area contributed by atoms with Crippen molar-refractivity contribution in [1.29, 1.82) is 0 Å². The van der Waals surface area contributed by atoms with Crippen LogP contribution in [0.5, 0.6) is 10.8 Å². The molecule has 2 aromatic rings. The molecule has 0 amide bonds. The number of carboxylic acids is 1. The highest BCUT2D eigenvalue weighted by molar-refractivity contribution is 7.12. The minimum atomic E-state index is -5.98. The highest BCUT2D eigenvalue weighted by atomic mass is 32.1. The van der Waals surface area contributed by atoms with E-state index in [4.69, 9.17) is 4.74 Å².